The molecule has 12 heteroatoms. The lowest BCUT2D eigenvalue weighted by Crippen LogP contribution is -2.37. The molecule has 0 fully saturated rings. The standard InChI is InChI=1S/C46H74NO10P/c1-6-8-10-11-12-13-14-15-16-17-18-19-20-21-26-30-45(50)54-38-42(39-56-58(52,53)55-37-36-47(3,4)5)57-46(51)31-27-23-22-25-28-40-32-35-44(49)43(40)34-33-41(48)29-24-9-7-2/h8,10,12-13,15-16,18-19,22,25,32-35,40-43,48H,6-7,9,11,14,17,20-21,23-24,26-31,36-39H2,1-5H3/p+1/b10-8-,13-12-,16-15-,19-18-,25-22-,34-33+/t40-,41-,42+,43+/m0/s1. The van der Waals surface area contributed by atoms with Gasteiger partial charge in [-0.1, -0.05) is 112 Å². The monoisotopic (exact) mass is 833 g/mol. The summed E-state index contributed by atoms with van der Waals surface area (Å²) in [4.78, 5) is 47.9. The van der Waals surface area contributed by atoms with E-state index in [1.807, 2.05) is 45.4 Å². The fourth-order valence-electron chi connectivity index (χ4n) is 5.70. The lowest BCUT2D eigenvalue weighted by atomic mass is 9.90. The Labute approximate surface area is 349 Å². The molecular weight excluding hydrogens is 757 g/mol. The molecule has 328 valence electrons. The number of carbonyl (C=O) groups is 3. The highest BCUT2D eigenvalue weighted by Gasteiger charge is 2.28. The van der Waals surface area contributed by atoms with E-state index in [1.165, 1.54) is 0 Å². The number of ether oxygens (including phenoxy) is 2. The molecule has 0 radical (unpaired) electrons. The van der Waals surface area contributed by atoms with Crippen LogP contribution in [-0.2, 0) is 37.5 Å². The third-order valence-corrected chi connectivity index (χ3v) is 10.1. The minimum atomic E-state index is -4.45. The van der Waals surface area contributed by atoms with Gasteiger partial charge in [0, 0.05) is 18.8 Å². The van der Waals surface area contributed by atoms with Crippen molar-refractivity contribution in [2.75, 3.05) is 47.5 Å². The number of aliphatic hydroxyl groups excluding tert-OH is 1. The molecule has 0 aromatic heterocycles. The van der Waals surface area contributed by atoms with Gasteiger partial charge in [-0.2, -0.15) is 0 Å². The maximum atomic E-state index is 12.8. The zero-order valence-electron chi connectivity index (χ0n) is 36.1. The molecule has 5 atom stereocenters. The van der Waals surface area contributed by atoms with Crippen LogP contribution in [0.25, 0.3) is 0 Å². The molecule has 11 nitrogen and oxygen atoms in total. The second kappa shape index (κ2) is 32.6. The summed E-state index contributed by atoms with van der Waals surface area (Å²) in [5, 5.41) is 10.2. The van der Waals surface area contributed by atoms with Gasteiger partial charge in [0.2, 0.25) is 0 Å². The summed E-state index contributed by atoms with van der Waals surface area (Å²) in [6, 6.07) is 0. The molecule has 0 saturated heterocycles. The van der Waals surface area contributed by atoms with Gasteiger partial charge in [-0.3, -0.25) is 23.4 Å². The summed E-state index contributed by atoms with van der Waals surface area (Å²) in [6.07, 6.45) is 38.4. The average Bonchev–Trinajstić information content (AvgIpc) is 3.52. The number of unbranched alkanes of at least 4 members (excludes halogenated alkanes) is 5. The fourth-order valence-corrected chi connectivity index (χ4v) is 6.44. The van der Waals surface area contributed by atoms with E-state index in [4.69, 9.17) is 18.5 Å². The van der Waals surface area contributed by atoms with Gasteiger partial charge in [0.25, 0.3) is 0 Å². The molecule has 1 unspecified atom stereocenters. The quantitative estimate of drug-likeness (QED) is 0.0211. The van der Waals surface area contributed by atoms with Crippen LogP contribution in [0.4, 0.5) is 0 Å². The van der Waals surface area contributed by atoms with Gasteiger partial charge in [0.05, 0.1) is 33.9 Å². The molecule has 58 heavy (non-hydrogen) atoms. The van der Waals surface area contributed by atoms with E-state index in [0.29, 0.717) is 43.1 Å². The van der Waals surface area contributed by atoms with Gasteiger partial charge in [-0.05, 0) is 82.6 Å². The van der Waals surface area contributed by atoms with Crippen LogP contribution >= 0.6 is 7.82 Å². The summed E-state index contributed by atoms with van der Waals surface area (Å²) in [6.45, 7) is 3.89. The highest BCUT2D eigenvalue weighted by molar-refractivity contribution is 7.47. The number of aliphatic hydroxyl groups is 1. The lowest BCUT2D eigenvalue weighted by molar-refractivity contribution is -0.870. The van der Waals surface area contributed by atoms with E-state index in [-0.39, 0.29) is 43.7 Å². The van der Waals surface area contributed by atoms with Crippen LogP contribution in [-0.4, -0.2) is 91.9 Å². The van der Waals surface area contributed by atoms with Crippen LogP contribution in [0, 0.1) is 11.8 Å². The maximum absolute atomic E-state index is 12.8. The number of esters is 2. The number of nitrogens with zero attached hydrogens (tertiary/aromatic N) is 1. The largest absolute Gasteiger partial charge is 0.472 e. The summed E-state index contributed by atoms with van der Waals surface area (Å²) in [5.41, 5.74) is 0. The Morgan fingerprint density at radius 3 is 2.12 bits per heavy atom. The normalized spacial score (nSPS) is 18.5. The summed E-state index contributed by atoms with van der Waals surface area (Å²) in [5.74, 6) is -1.25. The minimum Gasteiger partial charge on any atom is -0.462 e. The Kier molecular flexibility index (Phi) is 29.7. The van der Waals surface area contributed by atoms with E-state index in [2.05, 4.69) is 62.5 Å². The first-order valence-electron chi connectivity index (χ1n) is 21.4. The van der Waals surface area contributed by atoms with Crippen molar-refractivity contribution in [1.29, 1.82) is 0 Å². The number of quaternary nitrogens is 1. The molecule has 0 amide bonds. The van der Waals surface area contributed by atoms with Crippen LogP contribution < -0.4 is 0 Å². The molecule has 2 N–H and O–H groups in total. The maximum Gasteiger partial charge on any atom is 0.472 e. The number of hydrogen-bond acceptors (Lipinski definition) is 9. The van der Waals surface area contributed by atoms with E-state index < -0.39 is 38.6 Å². The fraction of sp³-hybridized carbons (Fsp3) is 0.630. The molecule has 0 saturated carbocycles. The molecule has 0 aromatic carbocycles. The van der Waals surface area contributed by atoms with Gasteiger partial charge in [-0.15, -0.1) is 0 Å². The average molecular weight is 833 g/mol. The van der Waals surface area contributed by atoms with E-state index in [0.717, 1.165) is 57.8 Å². The predicted octanol–water partition coefficient (Wildman–Crippen LogP) is 9.63. The van der Waals surface area contributed by atoms with Crippen LogP contribution in [0.1, 0.15) is 117 Å². The number of phosphoric acid groups is 1. The molecule has 0 spiro atoms. The number of likely N-dealkylation sites (N-methyl/N-ethyl adjacent to an activating group) is 1. The zero-order valence-corrected chi connectivity index (χ0v) is 37.0. The Bertz CT molecular complexity index is 1410. The third-order valence-electron chi connectivity index (χ3n) is 9.16. The van der Waals surface area contributed by atoms with Crippen molar-refractivity contribution >= 4 is 25.5 Å². The zero-order chi connectivity index (χ0) is 42.9. The topological polar surface area (TPSA) is 146 Å². The van der Waals surface area contributed by atoms with Gasteiger partial charge in [-0.25, -0.2) is 4.57 Å². The first-order valence-corrected chi connectivity index (χ1v) is 22.9. The van der Waals surface area contributed by atoms with Crippen molar-refractivity contribution in [3.63, 3.8) is 0 Å². The Balaban J connectivity index is 2.53. The Hall–Kier alpha value is -3.18. The summed E-state index contributed by atoms with van der Waals surface area (Å²) in [7, 11) is 1.31. The van der Waals surface area contributed by atoms with E-state index in [9.17, 15) is 28.9 Å². The third kappa shape index (κ3) is 29.9. The van der Waals surface area contributed by atoms with E-state index >= 15 is 0 Å². The lowest BCUT2D eigenvalue weighted by Gasteiger charge is -2.24. The van der Waals surface area contributed by atoms with Gasteiger partial charge in [0.1, 0.15) is 19.8 Å². The van der Waals surface area contributed by atoms with Crippen molar-refractivity contribution in [3.8, 4) is 0 Å². The number of carbonyl (C=O) groups excluding carboxylic acids is 3. The first kappa shape index (κ1) is 52.8. The van der Waals surface area contributed by atoms with Gasteiger partial charge >= 0.3 is 19.8 Å². The predicted molar refractivity (Wildman–Crippen MR) is 233 cm³/mol. The van der Waals surface area contributed by atoms with Crippen LogP contribution in [0.3, 0.4) is 0 Å². The van der Waals surface area contributed by atoms with Crippen molar-refractivity contribution in [2.24, 2.45) is 11.8 Å². The van der Waals surface area contributed by atoms with Crippen LogP contribution in [0.5, 0.6) is 0 Å². The second-order valence-corrected chi connectivity index (χ2v) is 17.1. The van der Waals surface area contributed by atoms with Crippen LogP contribution in [0.15, 0.2) is 85.1 Å². The highest BCUT2D eigenvalue weighted by Crippen LogP contribution is 2.43. The summed E-state index contributed by atoms with van der Waals surface area (Å²) >= 11 is 0. The number of rotatable bonds is 34. The second-order valence-electron chi connectivity index (χ2n) is 15.7. The Morgan fingerprint density at radius 1 is 0.810 bits per heavy atom. The molecule has 1 rings (SSSR count). The first-order chi connectivity index (χ1) is 27.8. The van der Waals surface area contributed by atoms with E-state index in [1.54, 1.807) is 12.2 Å². The smallest absolute Gasteiger partial charge is 0.462 e. The van der Waals surface area contributed by atoms with Gasteiger partial charge in [0.15, 0.2) is 11.9 Å². The molecule has 1 aliphatic carbocycles. The van der Waals surface area contributed by atoms with Crippen molar-refractivity contribution in [2.45, 2.75) is 129 Å². The molecule has 0 aromatic rings. The SMILES string of the molecule is CC/C=C\C/C=C\C/C=C\C/C=C\CCCCC(=O)OC[C@H](COP(=O)(O)OCC[N+](C)(C)C)OC(=O)CCC/C=C\C[C@H]1C=CC(=O)[C@@H]1/C=C/[C@@H](O)CCCCC. The van der Waals surface area contributed by atoms with Crippen molar-refractivity contribution < 1.29 is 52.0 Å². The van der Waals surface area contributed by atoms with Crippen LogP contribution in [0.2, 0.25) is 0 Å². The van der Waals surface area contributed by atoms with Crippen molar-refractivity contribution in [3.05, 3.63) is 85.1 Å². The van der Waals surface area contributed by atoms with Gasteiger partial charge < -0.3 is 24.0 Å². The molecule has 0 heterocycles. The summed E-state index contributed by atoms with van der Waals surface area (Å²) < 4.78 is 34.2. The minimum absolute atomic E-state index is 0.0146. The number of allylic oxidation sites excluding steroid dienone is 13. The number of ketones is 1. The molecule has 0 aliphatic heterocycles. The highest BCUT2D eigenvalue weighted by atomic mass is 31.2. The molecule has 1 aliphatic rings. The molecular formula is C46H75NO10P+. The number of hydrogen-bond donors (Lipinski definition) is 2. The Morgan fingerprint density at radius 2 is 1.45 bits per heavy atom. The molecule has 0 bridgehead atoms. The van der Waals surface area contributed by atoms with Crippen molar-refractivity contribution in [1.82, 2.24) is 0 Å². The number of phosphoric ester groups is 1.